The first kappa shape index (κ1) is 15.9. The Hall–Kier alpha value is -2.97. The first-order valence-electron chi connectivity index (χ1n) is 7.05. The molecule has 0 unspecified atom stereocenters. The van der Waals surface area contributed by atoms with Crippen LogP contribution in [0.3, 0.4) is 0 Å². The third-order valence-electron chi connectivity index (χ3n) is 3.32. The second-order valence-electron chi connectivity index (χ2n) is 4.96. The quantitative estimate of drug-likeness (QED) is 0.661. The van der Waals surface area contributed by atoms with Crippen molar-refractivity contribution >= 4 is 11.6 Å². The Morgan fingerprint density at radius 1 is 1.08 bits per heavy atom. The van der Waals surface area contributed by atoms with Crippen LogP contribution in [0.15, 0.2) is 54.9 Å². The van der Waals surface area contributed by atoms with Gasteiger partial charge in [-0.1, -0.05) is 29.8 Å². The summed E-state index contributed by atoms with van der Waals surface area (Å²) in [5.41, 5.74) is 2.51. The molecule has 0 amide bonds. The number of pyridine rings is 2. The molecule has 0 saturated heterocycles. The molecule has 2 heterocycles. The van der Waals surface area contributed by atoms with E-state index in [-0.39, 0.29) is 18.1 Å². The Morgan fingerprint density at radius 2 is 1.88 bits per heavy atom. The Bertz CT molecular complexity index is 890. The highest BCUT2D eigenvalue weighted by Crippen LogP contribution is 2.30. The number of halogens is 2. The molecule has 0 atom stereocenters. The molecule has 6 heteroatoms. The van der Waals surface area contributed by atoms with Gasteiger partial charge < -0.3 is 4.74 Å². The van der Waals surface area contributed by atoms with Crippen molar-refractivity contribution < 1.29 is 9.13 Å². The molecule has 3 rings (SSSR count). The van der Waals surface area contributed by atoms with Gasteiger partial charge in [0.2, 0.25) is 0 Å². The van der Waals surface area contributed by atoms with E-state index in [4.69, 9.17) is 21.6 Å². The normalized spacial score (nSPS) is 10.2. The Morgan fingerprint density at radius 3 is 2.54 bits per heavy atom. The monoisotopic (exact) mass is 339 g/mol. The van der Waals surface area contributed by atoms with Gasteiger partial charge in [0.05, 0.1) is 6.20 Å². The van der Waals surface area contributed by atoms with Crippen LogP contribution in [0.4, 0.5) is 4.39 Å². The van der Waals surface area contributed by atoms with Crippen LogP contribution < -0.4 is 4.74 Å². The van der Waals surface area contributed by atoms with Crippen LogP contribution >= 0.6 is 11.6 Å². The van der Waals surface area contributed by atoms with Crippen molar-refractivity contribution in [1.29, 1.82) is 5.26 Å². The van der Waals surface area contributed by atoms with Crippen molar-refractivity contribution in [1.82, 2.24) is 9.97 Å². The molecular formula is C18H11ClFN3O. The minimum absolute atomic E-state index is 0.259. The average molecular weight is 340 g/mol. The highest BCUT2D eigenvalue weighted by Gasteiger charge is 2.10. The minimum Gasteiger partial charge on any atom is -0.487 e. The molecule has 0 spiro atoms. The number of nitriles is 1. The summed E-state index contributed by atoms with van der Waals surface area (Å²) < 4.78 is 18.9. The van der Waals surface area contributed by atoms with E-state index < -0.39 is 0 Å². The van der Waals surface area contributed by atoms with E-state index in [2.05, 4.69) is 9.97 Å². The molecule has 0 bridgehead atoms. The van der Waals surface area contributed by atoms with Crippen molar-refractivity contribution in [2.24, 2.45) is 0 Å². The lowest BCUT2D eigenvalue weighted by atomic mass is 10.1. The molecule has 2 aromatic heterocycles. The lowest BCUT2D eigenvalue weighted by molar-refractivity contribution is 0.306. The van der Waals surface area contributed by atoms with Gasteiger partial charge in [0.25, 0.3) is 0 Å². The summed E-state index contributed by atoms with van der Waals surface area (Å²) in [6.45, 7) is 0.270. The van der Waals surface area contributed by atoms with Gasteiger partial charge in [-0.25, -0.2) is 14.4 Å². The summed E-state index contributed by atoms with van der Waals surface area (Å²) in [5, 5.41) is 9.45. The maximum atomic E-state index is 13.1. The molecule has 0 aliphatic rings. The third kappa shape index (κ3) is 3.67. The minimum atomic E-state index is -0.331. The van der Waals surface area contributed by atoms with Gasteiger partial charge in [0.1, 0.15) is 35.1 Å². The topological polar surface area (TPSA) is 58.8 Å². The Kier molecular flexibility index (Phi) is 4.69. The fourth-order valence-electron chi connectivity index (χ4n) is 2.13. The van der Waals surface area contributed by atoms with E-state index in [1.807, 2.05) is 12.1 Å². The zero-order valence-electron chi connectivity index (χ0n) is 12.4. The van der Waals surface area contributed by atoms with E-state index in [0.717, 1.165) is 11.1 Å². The largest absolute Gasteiger partial charge is 0.487 e. The van der Waals surface area contributed by atoms with Crippen molar-refractivity contribution in [2.75, 3.05) is 0 Å². The molecule has 0 aliphatic heterocycles. The summed E-state index contributed by atoms with van der Waals surface area (Å²) in [6.07, 6.45) is 3.11. The fraction of sp³-hybridized carbons (Fsp3) is 0.0556. The highest BCUT2D eigenvalue weighted by molar-refractivity contribution is 6.29. The third-order valence-corrected chi connectivity index (χ3v) is 3.54. The zero-order chi connectivity index (χ0) is 16.9. The standard InChI is InChI=1S/C18H11ClFN3O/c19-18-6-1-12(9-23-18)11-24-17-10-22-15(8-21)7-16(17)13-2-4-14(20)5-3-13/h1-7,9-10H,11H2. The van der Waals surface area contributed by atoms with Crippen LogP contribution in [0.2, 0.25) is 5.15 Å². The van der Waals surface area contributed by atoms with E-state index in [1.54, 1.807) is 30.5 Å². The fourth-order valence-corrected chi connectivity index (χ4v) is 2.24. The van der Waals surface area contributed by atoms with Gasteiger partial charge in [0, 0.05) is 17.3 Å². The maximum Gasteiger partial charge on any atom is 0.146 e. The van der Waals surface area contributed by atoms with Crippen LogP contribution in [-0.4, -0.2) is 9.97 Å². The number of benzene rings is 1. The van der Waals surface area contributed by atoms with Crippen molar-refractivity contribution in [2.45, 2.75) is 6.61 Å². The zero-order valence-corrected chi connectivity index (χ0v) is 13.2. The van der Waals surface area contributed by atoms with Gasteiger partial charge in [-0.2, -0.15) is 5.26 Å². The predicted octanol–water partition coefficient (Wildman–Crippen LogP) is 4.39. The summed E-state index contributed by atoms with van der Waals surface area (Å²) in [7, 11) is 0. The molecule has 24 heavy (non-hydrogen) atoms. The number of rotatable bonds is 4. The molecule has 0 aliphatic carbocycles. The molecule has 1 aromatic carbocycles. The molecular weight excluding hydrogens is 329 g/mol. The first-order valence-corrected chi connectivity index (χ1v) is 7.43. The molecule has 0 saturated carbocycles. The molecule has 4 nitrogen and oxygen atoms in total. The van der Waals surface area contributed by atoms with E-state index in [9.17, 15) is 4.39 Å². The lowest BCUT2D eigenvalue weighted by Crippen LogP contribution is -1.99. The second kappa shape index (κ2) is 7.07. The molecule has 0 radical (unpaired) electrons. The van der Waals surface area contributed by atoms with E-state index in [1.165, 1.54) is 18.3 Å². The average Bonchev–Trinajstić information content (AvgIpc) is 2.62. The van der Waals surface area contributed by atoms with Gasteiger partial charge in [-0.3, -0.25) is 0 Å². The summed E-state index contributed by atoms with van der Waals surface area (Å²) in [4.78, 5) is 8.02. The van der Waals surface area contributed by atoms with Crippen molar-refractivity contribution in [3.63, 3.8) is 0 Å². The van der Waals surface area contributed by atoms with Gasteiger partial charge in [-0.05, 0) is 29.8 Å². The number of hydrogen-bond acceptors (Lipinski definition) is 4. The van der Waals surface area contributed by atoms with Crippen LogP contribution in [0, 0.1) is 17.1 Å². The summed E-state index contributed by atoms with van der Waals surface area (Å²) >= 11 is 5.76. The molecule has 0 fully saturated rings. The number of hydrogen-bond donors (Lipinski definition) is 0. The summed E-state index contributed by atoms with van der Waals surface area (Å²) in [6, 6.07) is 13.1. The van der Waals surface area contributed by atoms with Crippen LogP contribution in [0.1, 0.15) is 11.3 Å². The number of ether oxygens (including phenoxy) is 1. The Balaban J connectivity index is 1.90. The number of aromatic nitrogens is 2. The lowest BCUT2D eigenvalue weighted by Gasteiger charge is -2.12. The number of nitrogens with zero attached hydrogens (tertiary/aromatic N) is 3. The second-order valence-corrected chi connectivity index (χ2v) is 5.35. The van der Waals surface area contributed by atoms with Gasteiger partial charge >= 0.3 is 0 Å². The smallest absolute Gasteiger partial charge is 0.146 e. The van der Waals surface area contributed by atoms with Gasteiger partial charge in [0.15, 0.2) is 0 Å². The Labute approximate surface area is 143 Å². The maximum absolute atomic E-state index is 13.1. The highest BCUT2D eigenvalue weighted by atomic mass is 35.5. The van der Waals surface area contributed by atoms with Crippen LogP contribution in [-0.2, 0) is 6.61 Å². The first-order chi connectivity index (χ1) is 11.7. The summed E-state index contributed by atoms with van der Waals surface area (Å²) in [5.74, 6) is 0.165. The van der Waals surface area contributed by atoms with Crippen molar-refractivity contribution in [3.05, 3.63) is 77.1 Å². The van der Waals surface area contributed by atoms with Crippen LogP contribution in [0.5, 0.6) is 5.75 Å². The molecule has 3 aromatic rings. The molecule has 0 N–H and O–H groups in total. The van der Waals surface area contributed by atoms with Crippen molar-refractivity contribution in [3.8, 4) is 22.9 Å². The van der Waals surface area contributed by atoms with Crippen LogP contribution in [0.25, 0.3) is 11.1 Å². The predicted molar refractivity (Wildman–Crippen MR) is 87.9 cm³/mol. The van der Waals surface area contributed by atoms with E-state index in [0.29, 0.717) is 16.5 Å². The SMILES string of the molecule is N#Cc1cc(-c2ccc(F)cc2)c(OCc2ccc(Cl)nc2)cn1. The van der Waals surface area contributed by atoms with E-state index >= 15 is 0 Å². The molecule has 118 valence electrons. The van der Waals surface area contributed by atoms with Gasteiger partial charge in [-0.15, -0.1) is 0 Å².